The van der Waals surface area contributed by atoms with E-state index in [1.807, 2.05) is 7.05 Å². The van der Waals surface area contributed by atoms with E-state index in [1.54, 1.807) is 18.2 Å². The lowest BCUT2D eigenvalue weighted by molar-refractivity contribution is 0.0953. The Morgan fingerprint density at radius 3 is 2.70 bits per heavy atom. The monoisotopic (exact) mass is 300 g/mol. The molecule has 0 fully saturated rings. The predicted octanol–water partition coefficient (Wildman–Crippen LogP) is 1.61. The van der Waals surface area contributed by atoms with Crippen molar-refractivity contribution in [2.24, 2.45) is 0 Å². The Morgan fingerprint density at radius 2 is 1.95 bits per heavy atom. The van der Waals surface area contributed by atoms with Gasteiger partial charge in [0.1, 0.15) is 0 Å². The molecule has 0 spiro atoms. The topological polar surface area (TPSA) is 59.6 Å². The third-order valence-corrected chi connectivity index (χ3v) is 2.90. The standard InChI is InChI=1S/C14H20N2O3.ClH/c1-15-6-2-7-16-14(17)11-4-5-12-13(10-11)19-9-3-8-18-12;/h4-5,10,15H,2-3,6-9H2,1H3,(H,16,17);1H. The Kier molecular flexibility index (Phi) is 7.18. The van der Waals surface area contributed by atoms with Crippen LogP contribution in [-0.2, 0) is 0 Å². The minimum atomic E-state index is -0.0771. The molecule has 20 heavy (non-hydrogen) atoms. The van der Waals surface area contributed by atoms with Gasteiger partial charge in [0, 0.05) is 18.5 Å². The van der Waals surface area contributed by atoms with E-state index < -0.39 is 0 Å². The highest BCUT2D eigenvalue weighted by molar-refractivity contribution is 5.94. The average Bonchev–Trinajstić information content (AvgIpc) is 2.67. The van der Waals surface area contributed by atoms with Crippen LogP contribution >= 0.6 is 12.4 Å². The number of carbonyl (C=O) groups is 1. The molecule has 0 saturated heterocycles. The summed E-state index contributed by atoms with van der Waals surface area (Å²) in [7, 11) is 1.89. The molecule has 5 nitrogen and oxygen atoms in total. The summed E-state index contributed by atoms with van der Waals surface area (Å²) >= 11 is 0. The van der Waals surface area contributed by atoms with Gasteiger partial charge in [-0.1, -0.05) is 0 Å². The van der Waals surface area contributed by atoms with Crippen LogP contribution in [0.4, 0.5) is 0 Å². The van der Waals surface area contributed by atoms with Crippen molar-refractivity contribution in [3.8, 4) is 11.5 Å². The van der Waals surface area contributed by atoms with Gasteiger partial charge < -0.3 is 20.1 Å². The highest BCUT2D eigenvalue weighted by atomic mass is 35.5. The number of halogens is 1. The van der Waals surface area contributed by atoms with Gasteiger partial charge in [0.25, 0.3) is 5.91 Å². The first-order valence-corrected chi connectivity index (χ1v) is 6.63. The van der Waals surface area contributed by atoms with Gasteiger partial charge in [-0.2, -0.15) is 0 Å². The van der Waals surface area contributed by atoms with E-state index in [-0.39, 0.29) is 18.3 Å². The van der Waals surface area contributed by atoms with Gasteiger partial charge in [0.05, 0.1) is 13.2 Å². The molecule has 112 valence electrons. The summed E-state index contributed by atoms with van der Waals surface area (Å²) in [6, 6.07) is 5.30. The average molecular weight is 301 g/mol. The quantitative estimate of drug-likeness (QED) is 0.811. The summed E-state index contributed by atoms with van der Waals surface area (Å²) < 4.78 is 11.1. The second-order valence-electron chi connectivity index (χ2n) is 4.42. The van der Waals surface area contributed by atoms with Gasteiger partial charge in [0.15, 0.2) is 11.5 Å². The molecule has 1 amide bonds. The van der Waals surface area contributed by atoms with Gasteiger partial charge in [0.2, 0.25) is 0 Å². The lowest BCUT2D eigenvalue weighted by Crippen LogP contribution is -2.26. The summed E-state index contributed by atoms with van der Waals surface area (Å²) in [4.78, 5) is 12.0. The largest absolute Gasteiger partial charge is 0.490 e. The first-order valence-electron chi connectivity index (χ1n) is 6.63. The maximum atomic E-state index is 12.0. The third kappa shape index (κ3) is 4.58. The summed E-state index contributed by atoms with van der Waals surface area (Å²) in [5.74, 6) is 1.29. The van der Waals surface area contributed by atoms with Crippen molar-refractivity contribution in [3.63, 3.8) is 0 Å². The van der Waals surface area contributed by atoms with Crippen LogP contribution in [0.5, 0.6) is 11.5 Å². The number of fused-ring (bicyclic) bond motifs is 1. The van der Waals surface area contributed by atoms with Crippen LogP contribution in [0, 0.1) is 0 Å². The Bertz CT molecular complexity index is 440. The third-order valence-electron chi connectivity index (χ3n) is 2.90. The van der Waals surface area contributed by atoms with Crippen molar-refractivity contribution in [1.82, 2.24) is 10.6 Å². The first-order chi connectivity index (χ1) is 9.31. The highest BCUT2D eigenvalue weighted by Crippen LogP contribution is 2.30. The number of hydrogen-bond acceptors (Lipinski definition) is 4. The number of rotatable bonds is 5. The zero-order valence-corrected chi connectivity index (χ0v) is 12.4. The fraction of sp³-hybridized carbons (Fsp3) is 0.500. The summed E-state index contributed by atoms with van der Waals surface area (Å²) in [6.45, 7) is 2.83. The zero-order chi connectivity index (χ0) is 13.5. The second kappa shape index (κ2) is 8.66. The van der Waals surface area contributed by atoms with E-state index in [2.05, 4.69) is 10.6 Å². The van der Waals surface area contributed by atoms with E-state index in [9.17, 15) is 4.79 Å². The molecule has 1 aliphatic rings. The van der Waals surface area contributed by atoms with E-state index in [0.29, 0.717) is 36.8 Å². The van der Waals surface area contributed by atoms with E-state index >= 15 is 0 Å². The van der Waals surface area contributed by atoms with Crippen molar-refractivity contribution in [2.75, 3.05) is 33.4 Å². The molecule has 1 aromatic carbocycles. The molecule has 0 saturated carbocycles. The Balaban J connectivity index is 0.00000200. The molecule has 0 atom stereocenters. The van der Waals surface area contributed by atoms with Gasteiger partial charge in [-0.15, -0.1) is 12.4 Å². The van der Waals surface area contributed by atoms with Crippen molar-refractivity contribution in [2.45, 2.75) is 12.8 Å². The fourth-order valence-electron chi connectivity index (χ4n) is 1.87. The first kappa shape index (κ1) is 16.6. The number of hydrogen-bond donors (Lipinski definition) is 2. The molecule has 0 bridgehead atoms. The highest BCUT2D eigenvalue weighted by Gasteiger charge is 2.13. The molecule has 6 heteroatoms. The molecule has 0 aromatic heterocycles. The van der Waals surface area contributed by atoms with Crippen LogP contribution in [-0.4, -0.2) is 39.3 Å². The SMILES string of the molecule is CNCCCNC(=O)c1ccc2c(c1)OCCCO2.Cl. The molecule has 1 heterocycles. The smallest absolute Gasteiger partial charge is 0.251 e. The van der Waals surface area contributed by atoms with Crippen molar-refractivity contribution in [1.29, 1.82) is 0 Å². The molecule has 2 rings (SSSR count). The fourth-order valence-corrected chi connectivity index (χ4v) is 1.87. The Hall–Kier alpha value is -1.46. The molecular weight excluding hydrogens is 280 g/mol. The van der Waals surface area contributed by atoms with Crippen LogP contribution in [0.25, 0.3) is 0 Å². The molecule has 0 radical (unpaired) electrons. The number of benzene rings is 1. The molecule has 0 unspecified atom stereocenters. The molecule has 2 N–H and O–H groups in total. The van der Waals surface area contributed by atoms with Gasteiger partial charge in [-0.25, -0.2) is 0 Å². The summed E-state index contributed by atoms with van der Waals surface area (Å²) in [6.07, 6.45) is 1.77. The maximum absolute atomic E-state index is 12.0. The van der Waals surface area contributed by atoms with Crippen molar-refractivity contribution < 1.29 is 14.3 Å². The number of ether oxygens (including phenoxy) is 2. The molecule has 1 aromatic rings. The molecule has 1 aliphatic heterocycles. The lowest BCUT2D eigenvalue weighted by atomic mass is 10.2. The van der Waals surface area contributed by atoms with Gasteiger partial charge >= 0.3 is 0 Å². The van der Waals surface area contributed by atoms with E-state index in [0.717, 1.165) is 19.4 Å². The number of nitrogens with one attached hydrogen (secondary N) is 2. The molecule has 0 aliphatic carbocycles. The maximum Gasteiger partial charge on any atom is 0.251 e. The van der Waals surface area contributed by atoms with Crippen LogP contribution in [0.2, 0.25) is 0 Å². The minimum Gasteiger partial charge on any atom is -0.490 e. The summed E-state index contributed by atoms with van der Waals surface area (Å²) in [5.41, 5.74) is 0.605. The van der Waals surface area contributed by atoms with Crippen molar-refractivity contribution in [3.05, 3.63) is 23.8 Å². The van der Waals surface area contributed by atoms with Crippen LogP contribution in [0.15, 0.2) is 18.2 Å². The second-order valence-corrected chi connectivity index (χ2v) is 4.42. The normalized spacial score (nSPS) is 13.1. The summed E-state index contributed by atoms with van der Waals surface area (Å²) in [5, 5.41) is 5.92. The predicted molar refractivity (Wildman–Crippen MR) is 80.2 cm³/mol. The zero-order valence-electron chi connectivity index (χ0n) is 11.6. The number of amides is 1. The van der Waals surface area contributed by atoms with Gasteiger partial charge in [-0.3, -0.25) is 4.79 Å². The Morgan fingerprint density at radius 1 is 1.20 bits per heavy atom. The van der Waals surface area contributed by atoms with Crippen LogP contribution in [0.1, 0.15) is 23.2 Å². The van der Waals surface area contributed by atoms with Crippen LogP contribution in [0.3, 0.4) is 0 Å². The van der Waals surface area contributed by atoms with Crippen molar-refractivity contribution >= 4 is 18.3 Å². The Labute approximate surface area is 125 Å². The van der Waals surface area contributed by atoms with E-state index in [4.69, 9.17) is 9.47 Å². The van der Waals surface area contributed by atoms with Gasteiger partial charge in [-0.05, 0) is 38.2 Å². The minimum absolute atomic E-state index is 0. The number of carbonyl (C=O) groups excluding carboxylic acids is 1. The molecular formula is C14H21ClN2O3. The van der Waals surface area contributed by atoms with Crippen LogP contribution < -0.4 is 20.1 Å². The van der Waals surface area contributed by atoms with E-state index in [1.165, 1.54) is 0 Å². The lowest BCUT2D eigenvalue weighted by Gasteiger charge is -2.09.